The van der Waals surface area contributed by atoms with Crippen molar-refractivity contribution in [2.24, 2.45) is 34.1 Å². The first-order valence-electron chi connectivity index (χ1n) is 20.8. The van der Waals surface area contributed by atoms with Crippen LogP contribution in [0.5, 0.6) is 0 Å². The highest BCUT2D eigenvalue weighted by Crippen LogP contribution is 2.59. The lowest BCUT2D eigenvalue weighted by Crippen LogP contribution is -2.69. The molecule has 8 aliphatic rings. The monoisotopic (exact) mass is 740 g/mol. The van der Waals surface area contributed by atoms with Crippen LogP contribution in [0.25, 0.3) is 0 Å². The minimum atomic E-state index is -1.18. The molecule has 6 fully saturated rings. The molecule has 7 heterocycles. The van der Waals surface area contributed by atoms with Crippen LogP contribution < -0.4 is 10.8 Å². The molecule has 0 amide bonds. The van der Waals surface area contributed by atoms with Gasteiger partial charge in [-0.3, -0.25) is 4.99 Å². The molecule has 7 bridgehead atoms. The minimum absolute atomic E-state index is 0.0816. The fourth-order valence-corrected chi connectivity index (χ4v) is 11.8. The van der Waals surface area contributed by atoms with E-state index in [1.165, 1.54) is 5.71 Å². The van der Waals surface area contributed by atoms with Gasteiger partial charge in [-0.25, -0.2) is 0 Å². The molecule has 296 valence electrons. The third-order valence-corrected chi connectivity index (χ3v) is 15.1. The number of quaternary nitrogens is 1. The summed E-state index contributed by atoms with van der Waals surface area (Å²) in [5.74, 6) is -3.79. The number of carboxylic acid groups (broad SMARTS) is 1. The van der Waals surface area contributed by atoms with Crippen molar-refractivity contribution < 1.29 is 49.5 Å². The molecule has 1 aliphatic carbocycles. The van der Waals surface area contributed by atoms with Gasteiger partial charge in [0.25, 0.3) is 0 Å². The number of carbonyl (C=O) groups is 1. The van der Waals surface area contributed by atoms with E-state index in [9.17, 15) is 20.1 Å². The second-order valence-corrected chi connectivity index (χ2v) is 19.0. The molecule has 0 aromatic carbocycles. The SMILES string of the molecule is C=C1CCCC2=NC[C@H](C)[C@@H](C)C[C@@]23CCC([C@H]([NH3+])C(=O)[O-])=C[C@@H]3[C@@H]2O[C@]3(C[C@H]4CCC[C@@]5(CC[C@@]6(O[C@@H](CC[C@@]6(C)O)C1)O5)O4)C[C@@H](C)[C@@H](O)[C@H]2O3. The third kappa shape index (κ3) is 6.60. The van der Waals surface area contributed by atoms with Gasteiger partial charge in [0.15, 0.2) is 11.6 Å². The third-order valence-electron chi connectivity index (χ3n) is 15.1. The average Bonchev–Trinajstić information content (AvgIpc) is 3.58. The van der Waals surface area contributed by atoms with Gasteiger partial charge in [0, 0.05) is 55.7 Å². The molecular weight excluding hydrogens is 676 g/mol. The fourth-order valence-electron chi connectivity index (χ4n) is 11.8. The van der Waals surface area contributed by atoms with Crippen molar-refractivity contribution in [1.29, 1.82) is 0 Å². The summed E-state index contributed by atoms with van der Waals surface area (Å²) in [6, 6.07) is -0.974. The lowest BCUT2D eigenvalue weighted by molar-refractivity contribution is -0.427. The molecule has 15 atom stereocenters. The summed E-state index contributed by atoms with van der Waals surface area (Å²) in [5.41, 5.74) is 5.51. The molecule has 7 aliphatic heterocycles. The highest BCUT2D eigenvalue weighted by Gasteiger charge is 2.66. The Labute approximate surface area is 315 Å². The maximum absolute atomic E-state index is 12.2. The van der Waals surface area contributed by atoms with Crippen molar-refractivity contribution in [3.8, 4) is 0 Å². The van der Waals surface area contributed by atoms with E-state index in [1.807, 2.05) is 6.92 Å². The van der Waals surface area contributed by atoms with E-state index in [0.717, 1.165) is 75.5 Å². The number of hydrogen-bond acceptors (Lipinski definition) is 10. The van der Waals surface area contributed by atoms with Crippen LogP contribution >= 0.6 is 0 Å². The summed E-state index contributed by atoms with van der Waals surface area (Å²) in [6.45, 7) is 13.8. The Morgan fingerprint density at radius 2 is 1.70 bits per heavy atom. The average molecular weight is 741 g/mol. The van der Waals surface area contributed by atoms with Crippen LogP contribution in [0.2, 0.25) is 0 Å². The van der Waals surface area contributed by atoms with Crippen LogP contribution in [0.4, 0.5) is 0 Å². The normalized spacial score (nSPS) is 50.9. The summed E-state index contributed by atoms with van der Waals surface area (Å²) in [7, 11) is 0. The molecule has 53 heavy (non-hydrogen) atoms. The summed E-state index contributed by atoms with van der Waals surface area (Å²) >= 11 is 0. The summed E-state index contributed by atoms with van der Waals surface area (Å²) in [5, 5.41) is 35.9. The zero-order valence-corrected chi connectivity index (χ0v) is 32.5. The van der Waals surface area contributed by atoms with E-state index in [2.05, 4.69) is 39.2 Å². The van der Waals surface area contributed by atoms with Crippen molar-refractivity contribution in [2.45, 2.75) is 190 Å². The molecule has 11 heteroatoms. The van der Waals surface area contributed by atoms with Crippen molar-refractivity contribution in [1.82, 2.24) is 0 Å². The van der Waals surface area contributed by atoms with Gasteiger partial charge >= 0.3 is 0 Å². The van der Waals surface area contributed by atoms with Gasteiger partial charge in [0.2, 0.25) is 5.79 Å². The van der Waals surface area contributed by atoms with Crippen molar-refractivity contribution >= 4 is 11.7 Å². The maximum atomic E-state index is 12.2. The number of carbonyl (C=O) groups excluding carboxylic acids is 1. The number of nitrogens with zero attached hydrogens (tertiary/aromatic N) is 1. The highest BCUT2D eigenvalue weighted by atomic mass is 16.8. The Morgan fingerprint density at radius 1 is 0.906 bits per heavy atom. The maximum Gasteiger partial charge on any atom is 0.200 e. The van der Waals surface area contributed by atoms with Crippen molar-refractivity contribution in [2.75, 3.05) is 6.54 Å². The second-order valence-electron chi connectivity index (χ2n) is 19.0. The smallest absolute Gasteiger partial charge is 0.200 e. The van der Waals surface area contributed by atoms with Gasteiger partial charge in [-0.1, -0.05) is 39.0 Å². The van der Waals surface area contributed by atoms with Crippen LogP contribution in [-0.2, 0) is 28.5 Å². The number of aliphatic imine (C=N–C) groups is 1. The van der Waals surface area contributed by atoms with Crippen molar-refractivity contribution in [3.63, 3.8) is 0 Å². The summed E-state index contributed by atoms with van der Waals surface area (Å²) in [4.78, 5) is 17.7. The van der Waals surface area contributed by atoms with E-state index < -0.39 is 58.7 Å². The number of hydrogen-bond donors (Lipinski definition) is 3. The molecule has 6 saturated heterocycles. The topological polar surface area (TPSA) is 167 Å². The van der Waals surface area contributed by atoms with Gasteiger partial charge in [-0.15, -0.1) is 0 Å². The minimum Gasteiger partial charge on any atom is -0.544 e. The van der Waals surface area contributed by atoms with Crippen LogP contribution in [0.1, 0.15) is 130 Å². The number of aliphatic carboxylic acids is 1. The molecule has 0 aromatic heterocycles. The second kappa shape index (κ2) is 13.7. The van der Waals surface area contributed by atoms with Gasteiger partial charge in [-0.05, 0) is 101 Å². The highest BCUT2D eigenvalue weighted by molar-refractivity contribution is 5.91. The summed E-state index contributed by atoms with van der Waals surface area (Å²) in [6.07, 6.45) is 11.3. The number of aliphatic hydroxyl groups is 2. The first kappa shape index (κ1) is 38.2. The number of aliphatic hydroxyl groups excluding tert-OH is 1. The molecular formula is C42H64N2O9. The number of ether oxygens (including phenoxy) is 5. The lowest BCUT2D eigenvalue weighted by atomic mass is 9.57. The number of fused-ring (bicyclic) bond motifs is 6. The zero-order valence-electron chi connectivity index (χ0n) is 32.5. The van der Waals surface area contributed by atoms with E-state index in [4.69, 9.17) is 28.7 Å². The number of carboxylic acids is 1. The molecule has 8 rings (SSSR count). The van der Waals surface area contributed by atoms with Crippen LogP contribution in [-0.4, -0.2) is 88.0 Å². The Balaban J connectivity index is 1.21. The van der Waals surface area contributed by atoms with Crippen LogP contribution in [0.15, 0.2) is 28.8 Å². The van der Waals surface area contributed by atoms with E-state index in [0.29, 0.717) is 56.8 Å². The molecule has 11 nitrogen and oxygen atoms in total. The van der Waals surface area contributed by atoms with E-state index in [-0.39, 0.29) is 24.0 Å². The fraction of sp³-hybridized carbons (Fsp3) is 0.857. The molecule has 0 unspecified atom stereocenters. The van der Waals surface area contributed by atoms with E-state index in [1.54, 1.807) is 0 Å². The molecule has 4 spiro atoms. The van der Waals surface area contributed by atoms with E-state index >= 15 is 0 Å². The quantitative estimate of drug-likeness (QED) is 0.356. The van der Waals surface area contributed by atoms with Gasteiger partial charge < -0.3 is 49.5 Å². The zero-order chi connectivity index (χ0) is 37.6. The largest absolute Gasteiger partial charge is 0.544 e. The Bertz CT molecular complexity index is 1510. The first-order chi connectivity index (χ1) is 25.1. The molecule has 0 saturated carbocycles. The van der Waals surface area contributed by atoms with Gasteiger partial charge in [0.05, 0.1) is 24.4 Å². The molecule has 0 aromatic rings. The van der Waals surface area contributed by atoms with Crippen LogP contribution in [0.3, 0.4) is 0 Å². The standard InChI is InChI=1S/C42H64N2O9/c1-24-8-6-10-32-39(20-25(2)27(4)23-44-32)15-11-28(33(43)37(46)47)19-31(39)35-36-34(45)26(3)21-41(51-35,52-36)22-30-9-7-13-40(49-30)16-17-42(53-40)38(5,48)14-12-29(18-24)50-42/h19,25-27,29-31,33-36,45,48H,1,6-18,20-23,43H2,2-5H3,(H,46,47)/t25-,26+,27-,29-,30+,31+,33-,34+,35-,36+,38+,39+,40+,41+,42+/m0/s1. The van der Waals surface area contributed by atoms with Gasteiger partial charge in [-0.2, -0.15) is 0 Å². The first-order valence-corrected chi connectivity index (χ1v) is 20.8. The number of rotatable bonds is 2. The van der Waals surface area contributed by atoms with Crippen LogP contribution in [0, 0.1) is 29.1 Å². The van der Waals surface area contributed by atoms with Crippen molar-refractivity contribution in [3.05, 3.63) is 23.8 Å². The Morgan fingerprint density at radius 3 is 2.49 bits per heavy atom. The predicted molar refractivity (Wildman–Crippen MR) is 194 cm³/mol. The Hall–Kier alpha value is -1.70. The van der Waals surface area contributed by atoms with Gasteiger partial charge in [0.1, 0.15) is 23.7 Å². The summed E-state index contributed by atoms with van der Waals surface area (Å²) < 4.78 is 34.9. The predicted octanol–water partition coefficient (Wildman–Crippen LogP) is 3.89. The Kier molecular flexibility index (Phi) is 9.91. The molecule has 5 N–H and O–H groups in total. The molecule has 0 radical (unpaired) electrons. The lowest BCUT2D eigenvalue weighted by Gasteiger charge is -2.50.